The molecule has 0 saturated carbocycles. The van der Waals surface area contributed by atoms with Crippen LogP contribution in [0.25, 0.3) is 10.8 Å². The Morgan fingerprint density at radius 2 is 1.50 bits per heavy atom. The van der Waals surface area contributed by atoms with Crippen molar-refractivity contribution in [3.63, 3.8) is 0 Å². The molecule has 0 atom stereocenters. The molecule has 0 fully saturated rings. The van der Waals surface area contributed by atoms with Gasteiger partial charge in [-0.3, -0.25) is 0 Å². The molecule has 0 amide bonds. The van der Waals surface area contributed by atoms with Crippen LogP contribution in [0.5, 0.6) is 5.75 Å². The van der Waals surface area contributed by atoms with Crippen molar-refractivity contribution in [3.05, 3.63) is 42.0 Å². The van der Waals surface area contributed by atoms with Gasteiger partial charge in [0.15, 0.2) is 0 Å². The molecule has 0 bridgehead atoms. The Balaban J connectivity index is 0.00000112. The minimum absolute atomic E-state index is 0. The quantitative estimate of drug-likeness (QED) is 0.757. The molecule has 0 aliphatic carbocycles. The maximum absolute atomic E-state index is 10.7. The Morgan fingerprint density at radius 1 is 1.00 bits per heavy atom. The van der Waals surface area contributed by atoms with E-state index in [1.54, 1.807) is 6.07 Å². The van der Waals surface area contributed by atoms with Gasteiger partial charge in [-0.25, -0.2) is 4.79 Å². The third-order valence-corrected chi connectivity index (χ3v) is 2.09. The predicted octanol–water partition coefficient (Wildman–Crippen LogP) is 0.947. The van der Waals surface area contributed by atoms with E-state index >= 15 is 0 Å². The third kappa shape index (κ3) is 3.88. The van der Waals surface area contributed by atoms with Gasteiger partial charge in [-0.1, -0.05) is 24.3 Å². The summed E-state index contributed by atoms with van der Waals surface area (Å²) in [5.41, 5.74) is -0.0660. The van der Waals surface area contributed by atoms with E-state index in [9.17, 15) is 9.90 Å². The Labute approximate surface area is 178 Å². The first-order valence-corrected chi connectivity index (χ1v) is 4.13. The number of aromatic carboxylic acids is 1. The Morgan fingerprint density at radius 3 is 2.00 bits per heavy atom. The molecule has 0 radical (unpaired) electrons. The van der Waals surface area contributed by atoms with Gasteiger partial charge >= 0.3 is 109 Å². The first kappa shape index (κ1) is 17.2. The zero-order valence-electron chi connectivity index (χ0n) is 7.27. The molecule has 0 spiro atoms. The van der Waals surface area contributed by atoms with Gasteiger partial charge in [0, 0.05) is 0 Å². The molecule has 0 unspecified atom stereocenters. The van der Waals surface area contributed by atoms with Gasteiger partial charge in [-0.2, -0.15) is 0 Å². The van der Waals surface area contributed by atoms with Crippen molar-refractivity contribution in [2.24, 2.45) is 0 Å². The monoisotopic (exact) mass is 268 g/mol. The molecular weight excluding hydrogens is 258 g/mol. The van der Waals surface area contributed by atoms with E-state index < -0.39 is 5.97 Å². The molecular formula is C11H10K2O3. The van der Waals surface area contributed by atoms with Crippen LogP contribution in [-0.4, -0.2) is 119 Å². The summed E-state index contributed by atoms with van der Waals surface area (Å²) in [4.78, 5) is 10.7. The van der Waals surface area contributed by atoms with Crippen LogP contribution < -0.4 is 0 Å². The van der Waals surface area contributed by atoms with E-state index in [-0.39, 0.29) is 114 Å². The molecule has 16 heavy (non-hydrogen) atoms. The number of carbonyl (C=O) groups is 1. The fraction of sp³-hybridized carbons (Fsp3) is 0. The summed E-state index contributed by atoms with van der Waals surface area (Å²) in [6.07, 6.45) is 0. The third-order valence-electron chi connectivity index (χ3n) is 2.09. The number of carboxylic acid groups (broad SMARTS) is 1. The number of carboxylic acids is 1. The summed E-state index contributed by atoms with van der Waals surface area (Å²) in [5.74, 6) is -1.32. The minimum atomic E-state index is -1.12. The van der Waals surface area contributed by atoms with E-state index in [1.165, 1.54) is 12.1 Å². The van der Waals surface area contributed by atoms with Crippen LogP contribution in [-0.2, 0) is 0 Å². The van der Waals surface area contributed by atoms with E-state index in [0.29, 0.717) is 0 Å². The summed E-state index contributed by atoms with van der Waals surface area (Å²) < 4.78 is 0. The second kappa shape index (κ2) is 7.63. The summed E-state index contributed by atoms with van der Waals surface area (Å²) in [6.45, 7) is 0. The van der Waals surface area contributed by atoms with Crippen molar-refractivity contribution in [1.82, 2.24) is 0 Å². The van der Waals surface area contributed by atoms with Crippen LogP contribution in [0, 0.1) is 0 Å². The molecule has 2 aromatic rings. The Kier molecular flexibility index (Phi) is 8.22. The molecule has 3 nitrogen and oxygen atoms in total. The van der Waals surface area contributed by atoms with E-state index in [4.69, 9.17) is 5.11 Å². The topological polar surface area (TPSA) is 57.5 Å². The van der Waals surface area contributed by atoms with Crippen molar-refractivity contribution < 1.29 is 15.0 Å². The van der Waals surface area contributed by atoms with Crippen LogP contribution in [0.4, 0.5) is 0 Å². The predicted molar refractivity (Wildman–Crippen MR) is 66.9 cm³/mol. The van der Waals surface area contributed by atoms with Gasteiger partial charge in [0.25, 0.3) is 0 Å². The molecule has 2 aromatic carbocycles. The van der Waals surface area contributed by atoms with Crippen LogP contribution in [0.1, 0.15) is 10.4 Å². The van der Waals surface area contributed by atoms with E-state index in [0.717, 1.165) is 10.8 Å². The molecule has 0 saturated heterocycles. The Bertz CT molecular complexity index is 512. The average molecular weight is 268 g/mol. The summed E-state index contributed by atoms with van der Waals surface area (Å²) in [6, 6.07) is 10.2. The Hall–Kier alpha value is 1.24. The molecule has 0 heterocycles. The van der Waals surface area contributed by atoms with Crippen molar-refractivity contribution >= 4 is 120 Å². The number of rotatable bonds is 1. The van der Waals surface area contributed by atoms with Gasteiger partial charge in [0.1, 0.15) is 11.3 Å². The second-order valence-corrected chi connectivity index (χ2v) is 3.02. The van der Waals surface area contributed by atoms with Crippen molar-refractivity contribution in [1.29, 1.82) is 0 Å². The molecule has 0 aromatic heterocycles. The van der Waals surface area contributed by atoms with Gasteiger partial charge in [-0.05, 0) is 22.9 Å². The molecule has 0 aliphatic heterocycles. The zero-order chi connectivity index (χ0) is 10.1. The van der Waals surface area contributed by atoms with Gasteiger partial charge in [0.05, 0.1) is 0 Å². The molecule has 0 aliphatic rings. The van der Waals surface area contributed by atoms with Crippen LogP contribution in [0.3, 0.4) is 0 Å². The second-order valence-electron chi connectivity index (χ2n) is 3.02. The number of benzene rings is 2. The normalized spacial score (nSPS) is 9.00. The van der Waals surface area contributed by atoms with Crippen molar-refractivity contribution in [2.75, 3.05) is 0 Å². The molecule has 74 valence electrons. The fourth-order valence-corrected chi connectivity index (χ4v) is 1.40. The average Bonchev–Trinajstić information content (AvgIpc) is 2.16. The first-order valence-electron chi connectivity index (χ1n) is 4.13. The van der Waals surface area contributed by atoms with Crippen LogP contribution in [0.2, 0.25) is 0 Å². The first-order chi connectivity index (χ1) is 6.68. The molecule has 2 rings (SSSR count). The van der Waals surface area contributed by atoms with Crippen LogP contribution >= 0.6 is 0 Å². The van der Waals surface area contributed by atoms with Gasteiger partial charge < -0.3 is 10.2 Å². The van der Waals surface area contributed by atoms with Crippen molar-refractivity contribution in [3.8, 4) is 5.75 Å². The maximum atomic E-state index is 10.7. The molecule has 2 N–H and O–H groups in total. The van der Waals surface area contributed by atoms with Crippen LogP contribution in [0.15, 0.2) is 36.4 Å². The standard InChI is InChI=1S/C11H8O3.2K.2H/c12-10-6-8-4-2-1-3-7(8)5-9(10)11(13)14;;;;/h1-6,12H,(H,13,14);;;;. The number of hydrogen-bond donors (Lipinski definition) is 2. The van der Waals surface area contributed by atoms with E-state index in [1.807, 2.05) is 18.2 Å². The number of fused-ring (bicyclic) bond motifs is 1. The van der Waals surface area contributed by atoms with Gasteiger partial charge in [0.2, 0.25) is 0 Å². The summed E-state index contributed by atoms with van der Waals surface area (Å²) in [5, 5.41) is 19.8. The van der Waals surface area contributed by atoms with Crippen molar-refractivity contribution in [2.45, 2.75) is 0 Å². The zero-order valence-corrected chi connectivity index (χ0v) is 7.27. The number of phenols is 1. The SMILES string of the molecule is O=C(O)c1cc2ccccc2cc1O.[KH].[KH]. The number of hydrogen-bond acceptors (Lipinski definition) is 2. The summed E-state index contributed by atoms with van der Waals surface area (Å²) >= 11 is 0. The summed E-state index contributed by atoms with van der Waals surface area (Å²) in [7, 11) is 0. The van der Waals surface area contributed by atoms with Gasteiger partial charge in [-0.15, -0.1) is 0 Å². The number of aromatic hydroxyl groups is 1. The van der Waals surface area contributed by atoms with E-state index in [2.05, 4.69) is 0 Å². The fourth-order valence-electron chi connectivity index (χ4n) is 1.40. The molecule has 5 heteroatoms.